The van der Waals surface area contributed by atoms with E-state index in [2.05, 4.69) is 5.32 Å². The summed E-state index contributed by atoms with van der Waals surface area (Å²) in [6, 6.07) is 15.9. The Morgan fingerprint density at radius 3 is 2.07 bits per heavy atom. The quantitative estimate of drug-likeness (QED) is 0.286. The van der Waals surface area contributed by atoms with E-state index in [4.69, 9.17) is 39.5 Å². The van der Waals surface area contributed by atoms with Crippen LogP contribution in [0.3, 0.4) is 0 Å². The fourth-order valence-electron chi connectivity index (χ4n) is 3.95. The number of hydrogen-bond donors (Lipinski definition) is 1. The molecule has 0 fully saturated rings. The average molecular weight is 641 g/mol. The number of anilines is 1. The van der Waals surface area contributed by atoms with Crippen molar-refractivity contribution in [3.8, 4) is 5.75 Å². The molecule has 0 bridgehead atoms. The highest BCUT2D eigenvalue weighted by molar-refractivity contribution is 7.92. The van der Waals surface area contributed by atoms with Crippen LogP contribution in [0.5, 0.6) is 5.75 Å². The largest absolute Gasteiger partial charge is 0.497 e. The summed E-state index contributed by atoms with van der Waals surface area (Å²) < 4.78 is 33.9. The number of carbonyl (C=O) groups excluding carboxylic acids is 2. The van der Waals surface area contributed by atoms with Crippen molar-refractivity contribution in [2.24, 2.45) is 0 Å². The molecule has 0 saturated heterocycles. The van der Waals surface area contributed by atoms with Crippen molar-refractivity contribution >= 4 is 62.3 Å². The van der Waals surface area contributed by atoms with E-state index >= 15 is 0 Å². The minimum Gasteiger partial charge on any atom is -0.497 e. The monoisotopic (exact) mass is 639 g/mol. The first kappa shape index (κ1) is 32.5. The van der Waals surface area contributed by atoms with E-state index in [0.29, 0.717) is 21.4 Å². The number of rotatable bonds is 10. The third kappa shape index (κ3) is 8.29. The molecule has 12 heteroatoms. The van der Waals surface area contributed by atoms with Crippen LogP contribution < -0.4 is 14.4 Å². The maximum atomic E-state index is 14.0. The lowest BCUT2D eigenvalue weighted by atomic mass is 10.1. The number of ether oxygens (including phenoxy) is 1. The van der Waals surface area contributed by atoms with Gasteiger partial charge in [-0.3, -0.25) is 13.9 Å². The molecule has 1 unspecified atom stereocenters. The van der Waals surface area contributed by atoms with Crippen LogP contribution >= 0.6 is 34.8 Å². The van der Waals surface area contributed by atoms with Crippen LogP contribution in [0.25, 0.3) is 0 Å². The molecule has 3 aromatic rings. The fraction of sp³-hybridized carbons (Fsp3) is 0.310. The number of nitrogens with zero attached hydrogens (tertiary/aromatic N) is 2. The van der Waals surface area contributed by atoms with Gasteiger partial charge in [0, 0.05) is 32.7 Å². The molecule has 3 rings (SSSR count). The highest BCUT2D eigenvalue weighted by Crippen LogP contribution is 2.30. The smallest absolute Gasteiger partial charge is 0.264 e. The maximum absolute atomic E-state index is 14.0. The highest BCUT2D eigenvalue weighted by atomic mass is 35.5. The molecule has 3 aromatic carbocycles. The summed E-state index contributed by atoms with van der Waals surface area (Å²) in [6.07, 6.45) is 0. The molecule has 0 saturated carbocycles. The first-order chi connectivity index (χ1) is 19.1. The van der Waals surface area contributed by atoms with Gasteiger partial charge in [-0.25, -0.2) is 8.42 Å². The summed E-state index contributed by atoms with van der Waals surface area (Å²) in [4.78, 5) is 28.4. The molecular weight excluding hydrogens is 609 g/mol. The van der Waals surface area contributed by atoms with E-state index in [1.807, 2.05) is 20.8 Å². The predicted octanol–water partition coefficient (Wildman–Crippen LogP) is 6.18. The van der Waals surface area contributed by atoms with E-state index in [9.17, 15) is 18.0 Å². The zero-order valence-corrected chi connectivity index (χ0v) is 26.4. The van der Waals surface area contributed by atoms with Crippen molar-refractivity contribution in [2.45, 2.75) is 50.7 Å². The van der Waals surface area contributed by atoms with Gasteiger partial charge in [-0.05, 0) is 82.3 Å². The van der Waals surface area contributed by atoms with Gasteiger partial charge in [0.15, 0.2) is 0 Å². The Morgan fingerprint density at radius 1 is 0.951 bits per heavy atom. The molecule has 8 nitrogen and oxygen atoms in total. The van der Waals surface area contributed by atoms with Crippen LogP contribution in [0, 0.1) is 0 Å². The minimum atomic E-state index is -4.27. The van der Waals surface area contributed by atoms with Gasteiger partial charge in [-0.1, -0.05) is 46.9 Å². The van der Waals surface area contributed by atoms with E-state index in [0.717, 1.165) is 4.31 Å². The summed E-state index contributed by atoms with van der Waals surface area (Å²) in [5.41, 5.74) is 0.0169. The third-order valence-electron chi connectivity index (χ3n) is 6.08. The van der Waals surface area contributed by atoms with E-state index in [1.54, 1.807) is 37.3 Å². The lowest BCUT2D eigenvalue weighted by molar-refractivity contribution is -0.140. The van der Waals surface area contributed by atoms with Gasteiger partial charge >= 0.3 is 0 Å². The van der Waals surface area contributed by atoms with Gasteiger partial charge < -0.3 is 15.0 Å². The van der Waals surface area contributed by atoms with Gasteiger partial charge in [0.1, 0.15) is 18.3 Å². The van der Waals surface area contributed by atoms with Crippen molar-refractivity contribution < 1.29 is 22.7 Å². The summed E-state index contributed by atoms with van der Waals surface area (Å²) in [5, 5.41) is 3.75. The summed E-state index contributed by atoms with van der Waals surface area (Å²) in [7, 11) is -2.80. The van der Waals surface area contributed by atoms with Crippen LogP contribution in [-0.2, 0) is 26.2 Å². The number of benzene rings is 3. The van der Waals surface area contributed by atoms with Crippen molar-refractivity contribution in [1.29, 1.82) is 0 Å². The maximum Gasteiger partial charge on any atom is 0.264 e. The van der Waals surface area contributed by atoms with Crippen molar-refractivity contribution in [2.75, 3.05) is 18.0 Å². The van der Waals surface area contributed by atoms with Crippen molar-refractivity contribution in [3.63, 3.8) is 0 Å². The Kier molecular flexibility index (Phi) is 10.6. The molecule has 0 aliphatic carbocycles. The molecule has 0 heterocycles. The van der Waals surface area contributed by atoms with E-state index in [1.165, 1.54) is 48.4 Å². The van der Waals surface area contributed by atoms with Crippen molar-refractivity contribution in [1.82, 2.24) is 10.2 Å². The van der Waals surface area contributed by atoms with Crippen LogP contribution in [0.4, 0.5) is 5.69 Å². The topological polar surface area (TPSA) is 96.0 Å². The number of sulfonamides is 1. The van der Waals surface area contributed by atoms with Crippen molar-refractivity contribution in [3.05, 3.63) is 87.4 Å². The Morgan fingerprint density at radius 2 is 1.54 bits per heavy atom. The van der Waals surface area contributed by atoms with Gasteiger partial charge in [0.05, 0.1) is 17.7 Å². The van der Waals surface area contributed by atoms with E-state index < -0.39 is 40.0 Å². The second kappa shape index (κ2) is 13.3. The molecule has 0 aromatic heterocycles. The number of hydrogen-bond acceptors (Lipinski definition) is 5. The molecule has 41 heavy (non-hydrogen) atoms. The lowest BCUT2D eigenvalue weighted by Crippen LogP contribution is -2.54. The number of carbonyl (C=O) groups is 2. The summed E-state index contributed by atoms with van der Waals surface area (Å²) >= 11 is 19.0. The number of methoxy groups -OCH3 is 1. The van der Waals surface area contributed by atoms with Crippen LogP contribution in [0.1, 0.15) is 33.3 Å². The first-order valence-electron chi connectivity index (χ1n) is 12.6. The molecule has 2 amide bonds. The minimum absolute atomic E-state index is 0.0645. The van der Waals surface area contributed by atoms with Crippen LogP contribution in [-0.4, -0.2) is 50.4 Å². The summed E-state index contributed by atoms with van der Waals surface area (Å²) in [6.45, 7) is 6.24. The van der Waals surface area contributed by atoms with Crippen LogP contribution in [0.15, 0.2) is 71.6 Å². The molecule has 0 spiro atoms. The summed E-state index contributed by atoms with van der Waals surface area (Å²) in [5.74, 6) is -0.619. The normalized spacial score (nSPS) is 12.4. The Labute approximate surface area is 256 Å². The number of amides is 2. The fourth-order valence-corrected chi connectivity index (χ4v) is 6.05. The zero-order valence-electron chi connectivity index (χ0n) is 23.3. The van der Waals surface area contributed by atoms with Gasteiger partial charge in [-0.2, -0.15) is 0 Å². The van der Waals surface area contributed by atoms with Gasteiger partial charge in [0.25, 0.3) is 10.0 Å². The van der Waals surface area contributed by atoms with E-state index in [-0.39, 0.29) is 22.2 Å². The Balaban J connectivity index is 2.08. The second-order valence-electron chi connectivity index (χ2n) is 10.3. The molecular formula is C29H32Cl3N3O5S. The Bertz CT molecular complexity index is 1490. The molecule has 1 atom stereocenters. The average Bonchev–Trinajstić information content (AvgIpc) is 2.90. The lowest BCUT2D eigenvalue weighted by Gasteiger charge is -2.33. The zero-order chi connectivity index (χ0) is 30.5. The number of halogens is 3. The standard InChI is InChI=1S/C29H32Cl3N3O5S/c1-19(28(37)33-29(2,3)4)34(17-24-25(31)10-7-11-26(24)32)27(36)18-35(21-9-6-8-20(30)16-21)41(38,39)23-14-12-22(40-5)13-15-23/h6-16,19H,17-18H2,1-5H3,(H,33,37). The molecule has 0 radical (unpaired) electrons. The Hall–Kier alpha value is -2.98. The molecule has 1 N–H and O–H groups in total. The van der Waals surface area contributed by atoms with Gasteiger partial charge in [-0.15, -0.1) is 0 Å². The predicted molar refractivity (Wildman–Crippen MR) is 163 cm³/mol. The third-order valence-corrected chi connectivity index (χ3v) is 8.81. The van der Waals surface area contributed by atoms with Gasteiger partial charge in [0.2, 0.25) is 11.8 Å². The SMILES string of the molecule is COc1ccc(S(=O)(=O)N(CC(=O)N(Cc2c(Cl)cccc2Cl)C(C)C(=O)NC(C)(C)C)c2cccc(Cl)c2)cc1. The number of nitrogens with one attached hydrogen (secondary N) is 1. The van der Waals surface area contributed by atoms with Crippen LogP contribution in [0.2, 0.25) is 15.1 Å². The first-order valence-corrected chi connectivity index (χ1v) is 15.2. The molecule has 220 valence electrons. The molecule has 0 aliphatic rings. The highest BCUT2D eigenvalue weighted by Gasteiger charge is 2.34. The second-order valence-corrected chi connectivity index (χ2v) is 13.4. The molecule has 0 aliphatic heterocycles.